The van der Waals surface area contributed by atoms with Crippen molar-refractivity contribution >= 4 is 17.4 Å². The van der Waals surface area contributed by atoms with Gasteiger partial charge in [-0.1, -0.05) is 48.5 Å². The van der Waals surface area contributed by atoms with Gasteiger partial charge in [0.05, 0.1) is 20.1 Å². The lowest BCUT2D eigenvalue weighted by atomic mass is 10.1. The zero-order valence-corrected chi connectivity index (χ0v) is 18.7. The van der Waals surface area contributed by atoms with Crippen molar-refractivity contribution in [2.24, 2.45) is 0 Å². The van der Waals surface area contributed by atoms with Crippen molar-refractivity contribution in [1.82, 2.24) is 9.55 Å². The molecule has 1 amide bonds. The Labute approximate surface area is 191 Å². The van der Waals surface area contributed by atoms with E-state index < -0.39 is 11.2 Å². The minimum absolute atomic E-state index is 0.00626. The second-order valence-electron chi connectivity index (χ2n) is 7.45. The number of rotatable bonds is 10. The number of para-hydroxylation sites is 1. The number of hydrogen-bond donors (Lipinski definition) is 2. The van der Waals surface area contributed by atoms with Gasteiger partial charge in [-0.2, -0.15) is 0 Å². The predicted octanol–water partition coefficient (Wildman–Crippen LogP) is 1.79. The Bertz CT molecular complexity index is 1200. The number of nitrogens with two attached hydrogens (primary N) is 1. The van der Waals surface area contributed by atoms with Crippen molar-refractivity contribution in [2.45, 2.75) is 19.4 Å². The molecule has 9 heteroatoms. The Morgan fingerprint density at radius 2 is 1.76 bits per heavy atom. The fourth-order valence-corrected chi connectivity index (χ4v) is 3.60. The van der Waals surface area contributed by atoms with Gasteiger partial charge in [0.25, 0.3) is 5.56 Å². The normalized spacial score (nSPS) is 10.7. The highest BCUT2D eigenvalue weighted by Gasteiger charge is 2.25. The standard InChI is InChI=1S/C24H28N4O5/c1-32-14-8-13-27(20(29)15-18-11-6-7-12-19(18)33-2)21-22(25)28(24(31)26-23(21)30)16-17-9-4-3-5-10-17/h3-7,9-12H,8,13-16,25H2,1-2H3,(H,26,30,31). The first-order valence-corrected chi connectivity index (χ1v) is 10.5. The SMILES string of the molecule is COCCCN(C(=O)Cc1ccccc1OC)c1c(N)n(Cc2ccccc2)c(=O)[nH]c1=O. The van der Waals surface area contributed by atoms with Gasteiger partial charge in [-0.05, 0) is 18.1 Å². The summed E-state index contributed by atoms with van der Waals surface area (Å²) in [5.41, 5.74) is 6.41. The first-order valence-electron chi connectivity index (χ1n) is 10.5. The number of aromatic amines is 1. The molecule has 0 bridgehead atoms. The number of H-pyrrole nitrogens is 1. The molecule has 174 valence electrons. The second kappa shape index (κ2) is 11.1. The van der Waals surface area contributed by atoms with Gasteiger partial charge in [0.2, 0.25) is 5.91 Å². The van der Waals surface area contributed by atoms with Crippen LogP contribution in [0.4, 0.5) is 11.5 Å². The van der Waals surface area contributed by atoms with Crippen LogP contribution in [0.25, 0.3) is 0 Å². The Hall–Kier alpha value is -3.85. The highest BCUT2D eigenvalue weighted by molar-refractivity contribution is 5.97. The van der Waals surface area contributed by atoms with Crippen LogP contribution < -0.4 is 26.6 Å². The number of methoxy groups -OCH3 is 2. The van der Waals surface area contributed by atoms with E-state index in [2.05, 4.69) is 4.98 Å². The van der Waals surface area contributed by atoms with E-state index in [0.717, 1.165) is 5.56 Å². The summed E-state index contributed by atoms with van der Waals surface area (Å²) in [5.74, 6) is 0.148. The van der Waals surface area contributed by atoms with Crippen LogP contribution in [0.15, 0.2) is 64.2 Å². The molecule has 0 radical (unpaired) electrons. The maximum absolute atomic E-state index is 13.4. The van der Waals surface area contributed by atoms with Crippen LogP contribution in [0.5, 0.6) is 5.75 Å². The number of nitrogens with zero attached hydrogens (tertiary/aromatic N) is 2. The Kier molecular flexibility index (Phi) is 8.04. The van der Waals surface area contributed by atoms with E-state index >= 15 is 0 Å². The number of nitrogens with one attached hydrogen (secondary N) is 1. The van der Waals surface area contributed by atoms with Gasteiger partial charge in [0.15, 0.2) is 5.69 Å². The molecule has 33 heavy (non-hydrogen) atoms. The van der Waals surface area contributed by atoms with Crippen LogP contribution in [-0.4, -0.2) is 42.8 Å². The van der Waals surface area contributed by atoms with Gasteiger partial charge in [-0.3, -0.25) is 19.1 Å². The van der Waals surface area contributed by atoms with Gasteiger partial charge >= 0.3 is 5.69 Å². The molecule has 0 saturated heterocycles. The molecule has 0 aliphatic heterocycles. The topological polar surface area (TPSA) is 120 Å². The van der Waals surface area contributed by atoms with Gasteiger partial charge in [0, 0.05) is 25.8 Å². The number of amides is 1. The summed E-state index contributed by atoms with van der Waals surface area (Å²) in [6.07, 6.45) is 0.471. The van der Waals surface area contributed by atoms with E-state index in [0.29, 0.717) is 24.3 Å². The summed E-state index contributed by atoms with van der Waals surface area (Å²) in [6.45, 7) is 0.737. The van der Waals surface area contributed by atoms with E-state index in [9.17, 15) is 14.4 Å². The number of benzene rings is 2. The largest absolute Gasteiger partial charge is 0.496 e. The van der Waals surface area contributed by atoms with Crippen molar-refractivity contribution in [1.29, 1.82) is 0 Å². The molecular formula is C24H28N4O5. The van der Waals surface area contributed by atoms with Crippen molar-refractivity contribution in [2.75, 3.05) is 38.0 Å². The fraction of sp³-hybridized carbons (Fsp3) is 0.292. The smallest absolute Gasteiger partial charge is 0.330 e. The van der Waals surface area contributed by atoms with E-state index in [4.69, 9.17) is 15.2 Å². The number of nitrogen functional groups attached to an aromatic ring is 1. The molecule has 3 N–H and O–H groups in total. The van der Waals surface area contributed by atoms with Crippen LogP contribution in [0, 0.1) is 0 Å². The molecule has 0 aliphatic carbocycles. The van der Waals surface area contributed by atoms with Crippen LogP contribution >= 0.6 is 0 Å². The molecule has 0 spiro atoms. The van der Waals surface area contributed by atoms with Gasteiger partial charge < -0.3 is 20.1 Å². The quantitative estimate of drug-likeness (QED) is 0.453. The fourth-order valence-electron chi connectivity index (χ4n) is 3.60. The molecule has 0 atom stereocenters. The van der Waals surface area contributed by atoms with Crippen molar-refractivity contribution < 1.29 is 14.3 Å². The molecule has 1 aromatic heterocycles. The number of ether oxygens (including phenoxy) is 2. The molecule has 2 aromatic carbocycles. The summed E-state index contributed by atoms with van der Waals surface area (Å²) in [6, 6.07) is 16.4. The minimum atomic E-state index is -0.715. The van der Waals surface area contributed by atoms with Crippen LogP contribution in [0.2, 0.25) is 0 Å². The van der Waals surface area contributed by atoms with Crippen LogP contribution in [-0.2, 0) is 22.5 Å². The molecule has 3 rings (SSSR count). The summed E-state index contributed by atoms with van der Waals surface area (Å²) >= 11 is 0. The van der Waals surface area contributed by atoms with Crippen molar-refractivity contribution in [3.63, 3.8) is 0 Å². The van der Waals surface area contributed by atoms with Crippen molar-refractivity contribution in [3.05, 3.63) is 86.6 Å². The van der Waals surface area contributed by atoms with Gasteiger partial charge in [-0.15, -0.1) is 0 Å². The molecule has 0 unspecified atom stereocenters. The first kappa shape index (κ1) is 23.8. The number of carbonyl (C=O) groups is 1. The lowest BCUT2D eigenvalue weighted by molar-refractivity contribution is -0.118. The first-order chi connectivity index (χ1) is 16.0. The van der Waals surface area contributed by atoms with Gasteiger partial charge in [-0.25, -0.2) is 4.79 Å². The molecule has 0 saturated carbocycles. The summed E-state index contributed by atoms with van der Waals surface area (Å²) in [7, 11) is 3.09. The third-order valence-electron chi connectivity index (χ3n) is 5.23. The average Bonchev–Trinajstić information content (AvgIpc) is 2.81. The number of hydrogen-bond acceptors (Lipinski definition) is 6. The second-order valence-corrected chi connectivity index (χ2v) is 7.45. The number of anilines is 2. The van der Waals surface area contributed by atoms with Crippen LogP contribution in [0.1, 0.15) is 17.5 Å². The monoisotopic (exact) mass is 452 g/mol. The average molecular weight is 453 g/mol. The summed E-state index contributed by atoms with van der Waals surface area (Å²) < 4.78 is 11.7. The molecule has 3 aromatic rings. The molecule has 9 nitrogen and oxygen atoms in total. The zero-order chi connectivity index (χ0) is 23.8. The lowest BCUT2D eigenvalue weighted by Gasteiger charge is -2.25. The predicted molar refractivity (Wildman–Crippen MR) is 127 cm³/mol. The lowest BCUT2D eigenvalue weighted by Crippen LogP contribution is -2.42. The summed E-state index contributed by atoms with van der Waals surface area (Å²) in [5, 5.41) is 0. The molecule has 0 aliphatic rings. The molecular weight excluding hydrogens is 424 g/mol. The highest BCUT2D eigenvalue weighted by Crippen LogP contribution is 2.22. The molecule has 0 fully saturated rings. The Morgan fingerprint density at radius 1 is 1.06 bits per heavy atom. The molecule has 1 heterocycles. The number of carbonyl (C=O) groups excluding carboxylic acids is 1. The zero-order valence-electron chi connectivity index (χ0n) is 18.7. The maximum Gasteiger partial charge on any atom is 0.330 e. The third-order valence-corrected chi connectivity index (χ3v) is 5.23. The summed E-state index contributed by atoms with van der Waals surface area (Å²) in [4.78, 5) is 42.3. The van der Waals surface area contributed by atoms with E-state index in [1.165, 1.54) is 16.6 Å². The van der Waals surface area contributed by atoms with Crippen LogP contribution in [0.3, 0.4) is 0 Å². The van der Waals surface area contributed by atoms with Gasteiger partial charge in [0.1, 0.15) is 11.6 Å². The highest BCUT2D eigenvalue weighted by atomic mass is 16.5. The van der Waals surface area contributed by atoms with E-state index in [1.807, 2.05) is 42.5 Å². The third kappa shape index (κ3) is 5.69. The maximum atomic E-state index is 13.4. The van der Waals surface area contributed by atoms with E-state index in [1.54, 1.807) is 19.2 Å². The van der Waals surface area contributed by atoms with E-state index in [-0.39, 0.29) is 36.9 Å². The van der Waals surface area contributed by atoms with Crippen molar-refractivity contribution in [3.8, 4) is 5.75 Å². The Balaban J connectivity index is 2.02. The Morgan fingerprint density at radius 3 is 2.45 bits per heavy atom. The number of aromatic nitrogens is 2. The minimum Gasteiger partial charge on any atom is -0.496 e.